The van der Waals surface area contributed by atoms with E-state index in [2.05, 4.69) is 58.4 Å². The summed E-state index contributed by atoms with van der Waals surface area (Å²) in [4.78, 5) is 17.5. The van der Waals surface area contributed by atoms with Crippen LogP contribution in [-0.2, 0) is 24.4 Å². The van der Waals surface area contributed by atoms with Gasteiger partial charge in [0.15, 0.2) is 0 Å². The normalized spacial score (nSPS) is 18.7. The number of carbonyl (C=O) groups excluding carboxylic acids is 1. The molecule has 2 aromatic rings. The molecule has 2 aromatic carbocycles. The first-order valence-electron chi connectivity index (χ1n) is 11.6. The quantitative estimate of drug-likeness (QED) is 0.741. The summed E-state index contributed by atoms with van der Waals surface area (Å²) in [6, 6.07) is 16.6. The van der Waals surface area contributed by atoms with Gasteiger partial charge in [0.05, 0.1) is 13.2 Å². The first-order chi connectivity index (χ1) is 15.2. The molecule has 2 saturated heterocycles. The highest BCUT2D eigenvalue weighted by atomic mass is 16.5. The Hall–Kier alpha value is -2.21. The van der Waals surface area contributed by atoms with E-state index in [1.54, 1.807) is 0 Å². The van der Waals surface area contributed by atoms with E-state index in [9.17, 15) is 4.79 Å². The van der Waals surface area contributed by atoms with E-state index in [1.165, 1.54) is 37.1 Å². The van der Waals surface area contributed by atoms with Crippen LogP contribution in [0.2, 0.25) is 0 Å². The minimum atomic E-state index is -0.0167. The fourth-order valence-corrected chi connectivity index (χ4v) is 4.38. The number of morpholine rings is 1. The van der Waals surface area contributed by atoms with Gasteiger partial charge in [-0.1, -0.05) is 43.3 Å². The minimum absolute atomic E-state index is 0.0167. The van der Waals surface area contributed by atoms with Crippen molar-refractivity contribution < 1.29 is 9.53 Å². The number of carbonyl (C=O) groups is 1. The standard InChI is InChI=1S/C26H35N3O2/c1-21-9-11-28(12-10-21)19-22-5-7-25(8-6-22)26(30)27-18-23-3-2-4-24(17-23)20-29-13-15-31-16-14-29/h2-8,17,21H,9-16,18-20H2,1H3,(H,27,30). The predicted molar refractivity (Wildman–Crippen MR) is 124 cm³/mol. The Morgan fingerprint density at radius 1 is 0.903 bits per heavy atom. The van der Waals surface area contributed by atoms with Gasteiger partial charge in [-0.15, -0.1) is 0 Å². The number of nitrogens with zero attached hydrogens (tertiary/aromatic N) is 2. The van der Waals surface area contributed by atoms with Crippen LogP contribution in [0.15, 0.2) is 48.5 Å². The van der Waals surface area contributed by atoms with E-state index in [0.717, 1.165) is 56.4 Å². The number of likely N-dealkylation sites (tertiary alicyclic amines) is 1. The van der Waals surface area contributed by atoms with Crippen molar-refractivity contribution in [1.29, 1.82) is 0 Å². The Morgan fingerprint density at radius 2 is 1.55 bits per heavy atom. The second-order valence-electron chi connectivity index (χ2n) is 9.05. The van der Waals surface area contributed by atoms with Crippen molar-refractivity contribution in [2.75, 3.05) is 39.4 Å². The lowest BCUT2D eigenvalue weighted by atomic mass is 9.99. The molecule has 2 fully saturated rings. The smallest absolute Gasteiger partial charge is 0.251 e. The zero-order valence-corrected chi connectivity index (χ0v) is 18.7. The van der Waals surface area contributed by atoms with Crippen LogP contribution in [0.3, 0.4) is 0 Å². The third kappa shape index (κ3) is 6.63. The molecule has 0 spiro atoms. The molecule has 0 aromatic heterocycles. The van der Waals surface area contributed by atoms with Crippen molar-refractivity contribution in [3.05, 3.63) is 70.8 Å². The van der Waals surface area contributed by atoms with Gasteiger partial charge in [-0.2, -0.15) is 0 Å². The number of nitrogens with one attached hydrogen (secondary N) is 1. The lowest BCUT2D eigenvalue weighted by Gasteiger charge is -2.30. The zero-order chi connectivity index (χ0) is 21.5. The Morgan fingerprint density at radius 3 is 2.29 bits per heavy atom. The van der Waals surface area contributed by atoms with Crippen molar-refractivity contribution in [2.45, 2.75) is 39.4 Å². The number of hydrogen-bond acceptors (Lipinski definition) is 4. The summed E-state index contributed by atoms with van der Waals surface area (Å²) in [6.45, 7) is 10.7. The highest BCUT2D eigenvalue weighted by Crippen LogP contribution is 2.18. The van der Waals surface area contributed by atoms with Crippen LogP contribution >= 0.6 is 0 Å². The number of benzene rings is 2. The molecule has 1 N–H and O–H groups in total. The number of rotatable bonds is 7. The summed E-state index contributed by atoms with van der Waals surface area (Å²) in [5.74, 6) is 0.833. The first kappa shape index (κ1) is 22.0. The van der Waals surface area contributed by atoms with E-state index >= 15 is 0 Å². The van der Waals surface area contributed by atoms with E-state index in [0.29, 0.717) is 6.54 Å². The van der Waals surface area contributed by atoms with Crippen molar-refractivity contribution in [1.82, 2.24) is 15.1 Å². The van der Waals surface area contributed by atoms with Crippen molar-refractivity contribution in [3.8, 4) is 0 Å². The van der Waals surface area contributed by atoms with E-state index < -0.39 is 0 Å². The SMILES string of the molecule is CC1CCN(Cc2ccc(C(=O)NCc3cccc(CN4CCOCC4)c3)cc2)CC1. The zero-order valence-electron chi connectivity index (χ0n) is 18.7. The topological polar surface area (TPSA) is 44.8 Å². The molecule has 4 rings (SSSR count). The maximum Gasteiger partial charge on any atom is 0.251 e. The van der Waals surface area contributed by atoms with Gasteiger partial charge in [-0.05, 0) is 60.7 Å². The van der Waals surface area contributed by atoms with Gasteiger partial charge < -0.3 is 10.1 Å². The highest BCUT2D eigenvalue weighted by molar-refractivity contribution is 5.94. The van der Waals surface area contributed by atoms with Gasteiger partial charge in [0.1, 0.15) is 0 Å². The Bertz CT molecular complexity index is 838. The Balaban J connectivity index is 1.26. The molecular formula is C26H35N3O2. The van der Waals surface area contributed by atoms with Crippen LogP contribution in [0.25, 0.3) is 0 Å². The minimum Gasteiger partial charge on any atom is -0.379 e. The van der Waals surface area contributed by atoms with Gasteiger partial charge in [0.2, 0.25) is 0 Å². The van der Waals surface area contributed by atoms with Gasteiger partial charge in [-0.3, -0.25) is 14.6 Å². The molecule has 5 heteroatoms. The highest BCUT2D eigenvalue weighted by Gasteiger charge is 2.16. The van der Waals surface area contributed by atoms with Crippen LogP contribution in [-0.4, -0.2) is 55.1 Å². The average Bonchev–Trinajstić information content (AvgIpc) is 2.80. The summed E-state index contributed by atoms with van der Waals surface area (Å²) in [6.07, 6.45) is 2.57. The molecule has 0 atom stereocenters. The molecule has 2 aliphatic rings. The lowest BCUT2D eigenvalue weighted by molar-refractivity contribution is 0.0342. The second kappa shape index (κ2) is 10.9. The number of piperidine rings is 1. The fourth-order valence-electron chi connectivity index (χ4n) is 4.38. The summed E-state index contributed by atoms with van der Waals surface area (Å²) >= 11 is 0. The summed E-state index contributed by atoms with van der Waals surface area (Å²) in [5, 5.41) is 3.07. The van der Waals surface area contributed by atoms with Gasteiger partial charge in [-0.25, -0.2) is 0 Å². The van der Waals surface area contributed by atoms with Crippen molar-refractivity contribution in [2.24, 2.45) is 5.92 Å². The van der Waals surface area contributed by atoms with Crippen LogP contribution in [0.1, 0.15) is 46.8 Å². The molecule has 2 heterocycles. The maximum atomic E-state index is 12.6. The Kier molecular flexibility index (Phi) is 7.73. The first-order valence-corrected chi connectivity index (χ1v) is 11.6. The van der Waals surface area contributed by atoms with Crippen LogP contribution < -0.4 is 5.32 Å². The van der Waals surface area contributed by atoms with Gasteiger partial charge in [0.25, 0.3) is 5.91 Å². The fraction of sp³-hybridized carbons (Fsp3) is 0.500. The molecule has 0 unspecified atom stereocenters. The summed E-state index contributed by atoms with van der Waals surface area (Å²) < 4.78 is 5.43. The Labute approximate surface area is 186 Å². The van der Waals surface area contributed by atoms with Crippen molar-refractivity contribution >= 4 is 5.91 Å². The maximum absolute atomic E-state index is 12.6. The molecular weight excluding hydrogens is 386 g/mol. The molecule has 2 aliphatic heterocycles. The van der Waals surface area contributed by atoms with Crippen molar-refractivity contribution in [3.63, 3.8) is 0 Å². The number of amides is 1. The van der Waals surface area contributed by atoms with Gasteiger partial charge in [0, 0.05) is 38.3 Å². The largest absolute Gasteiger partial charge is 0.379 e. The van der Waals surface area contributed by atoms with E-state index in [-0.39, 0.29) is 5.91 Å². The molecule has 0 radical (unpaired) electrons. The molecule has 31 heavy (non-hydrogen) atoms. The molecule has 166 valence electrons. The monoisotopic (exact) mass is 421 g/mol. The predicted octanol–water partition coefficient (Wildman–Crippen LogP) is 3.68. The van der Waals surface area contributed by atoms with E-state index in [1.807, 2.05) is 12.1 Å². The molecule has 0 bridgehead atoms. The summed E-state index contributed by atoms with van der Waals surface area (Å²) in [5.41, 5.74) is 4.42. The van der Waals surface area contributed by atoms with Crippen LogP contribution in [0, 0.1) is 5.92 Å². The third-order valence-corrected chi connectivity index (χ3v) is 6.45. The second-order valence-corrected chi connectivity index (χ2v) is 9.05. The third-order valence-electron chi connectivity index (χ3n) is 6.45. The average molecular weight is 422 g/mol. The lowest BCUT2D eigenvalue weighted by Crippen LogP contribution is -2.35. The molecule has 1 amide bonds. The van der Waals surface area contributed by atoms with E-state index in [4.69, 9.17) is 4.74 Å². The number of ether oxygens (including phenoxy) is 1. The van der Waals surface area contributed by atoms with Crippen LogP contribution in [0.5, 0.6) is 0 Å². The molecule has 5 nitrogen and oxygen atoms in total. The summed E-state index contributed by atoms with van der Waals surface area (Å²) in [7, 11) is 0. The van der Waals surface area contributed by atoms with Crippen LogP contribution in [0.4, 0.5) is 0 Å². The van der Waals surface area contributed by atoms with Gasteiger partial charge >= 0.3 is 0 Å². The molecule has 0 saturated carbocycles. The number of hydrogen-bond donors (Lipinski definition) is 1. The molecule has 0 aliphatic carbocycles.